The van der Waals surface area contributed by atoms with Gasteiger partial charge in [0.15, 0.2) is 0 Å². The molecule has 1 saturated heterocycles. The first kappa shape index (κ1) is 18.7. The lowest BCUT2D eigenvalue weighted by molar-refractivity contribution is -0.133. The van der Waals surface area contributed by atoms with Crippen LogP contribution in [0.15, 0.2) is 60.7 Å². The van der Waals surface area contributed by atoms with Crippen LogP contribution in [0.4, 0.5) is 0 Å². The van der Waals surface area contributed by atoms with Crippen LogP contribution in [0.5, 0.6) is 0 Å². The number of piperidine rings is 1. The summed E-state index contributed by atoms with van der Waals surface area (Å²) in [7, 11) is 2.01. The van der Waals surface area contributed by atoms with Crippen molar-refractivity contribution < 1.29 is 4.79 Å². The first-order valence-electron chi connectivity index (χ1n) is 9.77. The maximum Gasteiger partial charge on any atom is 0.223 e. The summed E-state index contributed by atoms with van der Waals surface area (Å²) in [5.74, 6) is 1.25. The van der Waals surface area contributed by atoms with Gasteiger partial charge in [0.2, 0.25) is 5.91 Å². The Balaban J connectivity index is 1.65. The third-order valence-corrected chi connectivity index (χ3v) is 5.48. The molecule has 1 aliphatic heterocycles. The summed E-state index contributed by atoms with van der Waals surface area (Å²) in [5, 5.41) is 3.26. The van der Waals surface area contributed by atoms with E-state index < -0.39 is 0 Å². The van der Waals surface area contributed by atoms with Crippen molar-refractivity contribution in [2.45, 2.75) is 31.6 Å². The standard InChI is InChI=1S/C23H30N2O/c1-24-18-20-12-14-25(15-13-20)23(26)17-22(21-10-6-3-7-11-21)16-19-8-4-2-5-9-19/h2-11,20,22,24H,12-18H2,1H3. The third-order valence-electron chi connectivity index (χ3n) is 5.48. The first-order valence-corrected chi connectivity index (χ1v) is 9.77. The second kappa shape index (κ2) is 9.54. The van der Waals surface area contributed by atoms with Gasteiger partial charge < -0.3 is 10.2 Å². The summed E-state index contributed by atoms with van der Waals surface area (Å²) >= 11 is 0. The van der Waals surface area contributed by atoms with Crippen LogP contribution in [0.2, 0.25) is 0 Å². The van der Waals surface area contributed by atoms with Gasteiger partial charge in [-0.05, 0) is 55.8 Å². The van der Waals surface area contributed by atoms with E-state index in [1.807, 2.05) is 19.2 Å². The Morgan fingerprint density at radius 2 is 1.65 bits per heavy atom. The molecule has 138 valence electrons. The van der Waals surface area contributed by atoms with E-state index >= 15 is 0 Å². The maximum absolute atomic E-state index is 12.9. The molecule has 26 heavy (non-hydrogen) atoms. The number of carbonyl (C=O) groups excluding carboxylic acids is 1. The third kappa shape index (κ3) is 5.18. The molecule has 3 rings (SSSR count). The summed E-state index contributed by atoms with van der Waals surface area (Å²) < 4.78 is 0. The molecule has 1 aliphatic rings. The summed E-state index contributed by atoms with van der Waals surface area (Å²) in [4.78, 5) is 15.0. The van der Waals surface area contributed by atoms with Crippen molar-refractivity contribution in [3.05, 3.63) is 71.8 Å². The Kier molecular flexibility index (Phi) is 6.84. The molecule has 3 nitrogen and oxygen atoms in total. The number of nitrogens with zero attached hydrogens (tertiary/aromatic N) is 1. The molecule has 0 aromatic heterocycles. The van der Waals surface area contributed by atoms with Gasteiger partial charge in [-0.25, -0.2) is 0 Å². The van der Waals surface area contributed by atoms with Crippen molar-refractivity contribution in [2.75, 3.05) is 26.7 Å². The molecule has 1 unspecified atom stereocenters. The van der Waals surface area contributed by atoms with Gasteiger partial charge in [-0.3, -0.25) is 4.79 Å². The number of nitrogens with one attached hydrogen (secondary N) is 1. The van der Waals surface area contributed by atoms with Gasteiger partial charge in [-0.2, -0.15) is 0 Å². The molecule has 1 amide bonds. The van der Waals surface area contributed by atoms with Gasteiger partial charge in [-0.15, -0.1) is 0 Å². The van der Waals surface area contributed by atoms with Crippen LogP contribution in [-0.2, 0) is 11.2 Å². The number of benzene rings is 2. The van der Waals surface area contributed by atoms with Crippen molar-refractivity contribution in [1.82, 2.24) is 10.2 Å². The summed E-state index contributed by atoms with van der Waals surface area (Å²) in [5.41, 5.74) is 2.55. The number of carbonyl (C=O) groups is 1. The summed E-state index contributed by atoms with van der Waals surface area (Å²) in [6, 6.07) is 21.0. The van der Waals surface area contributed by atoms with Gasteiger partial charge in [0.25, 0.3) is 0 Å². The largest absolute Gasteiger partial charge is 0.343 e. The van der Waals surface area contributed by atoms with Gasteiger partial charge >= 0.3 is 0 Å². The molecule has 0 bridgehead atoms. The number of hydrogen-bond donors (Lipinski definition) is 1. The second-order valence-electron chi connectivity index (χ2n) is 7.38. The molecule has 1 fully saturated rings. The highest BCUT2D eigenvalue weighted by Crippen LogP contribution is 2.26. The predicted molar refractivity (Wildman–Crippen MR) is 107 cm³/mol. The van der Waals surface area contributed by atoms with Gasteiger partial charge in [0.05, 0.1) is 0 Å². The quantitative estimate of drug-likeness (QED) is 0.822. The fourth-order valence-corrected chi connectivity index (χ4v) is 3.95. The zero-order valence-electron chi connectivity index (χ0n) is 15.7. The van der Waals surface area contributed by atoms with E-state index in [1.165, 1.54) is 11.1 Å². The van der Waals surface area contributed by atoms with E-state index in [4.69, 9.17) is 0 Å². The fourth-order valence-electron chi connectivity index (χ4n) is 3.95. The highest BCUT2D eigenvalue weighted by atomic mass is 16.2. The van der Waals surface area contributed by atoms with E-state index in [0.29, 0.717) is 18.2 Å². The highest BCUT2D eigenvalue weighted by molar-refractivity contribution is 5.77. The maximum atomic E-state index is 12.9. The molecule has 1 atom stereocenters. The molecule has 1 heterocycles. The average molecular weight is 351 g/mol. The summed E-state index contributed by atoms with van der Waals surface area (Å²) in [6.45, 7) is 2.86. The molecular formula is C23H30N2O. The molecule has 3 heteroatoms. The Morgan fingerprint density at radius 1 is 1.04 bits per heavy atom. The molecule has 1 N–H and O–H groups in total. The minimum atomic E-state index is 0.237. The Labute approximate surface area is 157 Å². The second-order valence-corrected chi connectivity index (χ2v) is 7.38. The molecule has 0 saturated carbocycles. The van der Waals surface area contributed by atoms with E-state index in [1.54, 1.807) is 0 Å². The zero-order chi connectivity index (χ0) is 18.2. The van der Waals surface area contributed by atoms with E-state index in [0.717, 1.165) is 38.9 Å². The lowest BCUT2D eigenvalue weighted by Crippen LogP contribution is -2.41. The van der Waals surface area contributed by atoms with Crippen LogP contribution >= 0.6 is 0 Å². The SMILES string of the molecule is CNCC1CCN(C(=O)CC(Cc2ccccc2)c2ccccc2)CC1. The smallest absolute Gasteiger partial charge is 0.223 e. The van der Waals surface area contributed by atoms with Crippen LogP contribution < -0.4 is 5.32 Å². The molecule has 0 aliphatic carbocycles. The molecular weight excluding hydrogens is 320 g/mol. The van der Waals surface area contributed by atoms with Gasteiger partial charge in [0, 0.05) is 19.5 Å². The molecule has 0 radical (unpaired) electrons. The van der Waals surface area contributed by atoms with Crippen molar-refractivity contribution in [3.8, 4) is 0 Å². The average Bonchev–Trinajstić information content (AvgIpc) is 2.70. The van der Waals surface area contributed by atoms with E-state index in [9.17, 15) is 4.79 Å². The highest BCUT2D eigenvalue weighted by Gasteiger charge is 2.25. The van der Waals surface area contributed by atoms with Crippen molar-refractivity contribution in [2.24, 2.45) is 5.92 Å². The monoisotopic (exact) mass is 350 g/mol. The van der Waals surface area contributed by atoms with Crippen LogP contribution in [0.1, 0.15) is 36.3 Å². The topological polar surface area (TPSA) is 32.3 Å². The lowest BCUT2D eigenvalue weighted by Gasteiger charge is -2.33. The van der Waals surface area contributed by atoms with Crippen molar-refractivity contribution >= 4 is 5.91 Å². The molecule has 2 aromatic rings. The molecule has 0 spiro atoms. The minimum Gasteiger partial charge on any atom is -0.343 e. The number of rotatable bonds is 7. The minimum absolute atomic E-state index is 0.237. The van der Waals surface area contributed by atoms with Crippen molar-refractivity contribution in [1.29, 1.82) is 0 Å². The predicted octanol–water partition coefficient (Wildman–Crippen LogP) is 3.86. The Bertz CT molecular complexity index is 663. The number of likely N-dealkylation sites (tertiary alicyclic amines) is 1. The Hall–Kier alpha value is -2.13. The van der Waals surface area contributed by atoms with Crippen LogP contribution in [0.3, 0.4) is 0 Å². The van der Waals surface area contributed by atoms with E-state index in [2.05, 4.69) is 58.7 Å². The van der Waals surface area contributed by atoms with Crippen LogP contribution in [0, 0.1) is 5.92 Å². The normalized spacial score (nSPS) is 16.4. The van der Waals surface area contributed by atoms with Gasteiger partial charge in [0.1, 0.15) is 0 Å². The van der Waals surface area contributed by atoms with Crippen molar-refractivity contribution in [3.63, 3.8) is 0 Å². The number of amides is 1. The first-order chi connectivity index (χ1) is 12.8. The van der Waals surface area contributed by atoms with Gasteiger partial charge in [-0.1, -0.05) is 60.7 Å². The zero-order valence-corrected chi connectivity index (χ0v) is 15.7. The lowest BCUT2D eigenvalue weighted by atomic mass is 9.88. The number of hydrogen-bond acceptors (Lipinski definition) is 2. The Morgan fingerprint density at radius 3 is 2.27 bits per heavy atom. The van der Waals surface area contributed by atoms with Crippen LogP contribution in [-0.4, -0.2) is 37.5 Å². The summed E-state index contributed by atoms with van der Waals surface area (Å²) in [6.07, 6.45) is 3.73. The fraction of sp³-hybridized carbons (Fsp3) is 0.435. The van der Waals surface area contributed by atoms with Crippen LogP contribution in [0.25, 0.3) is 0 Å². The van der Waals surface area contributed by atoms with E-state index in [-0.39, 0.29) is 5.92 Å². The molecule has 2 aromatic carbocycles.